The molecule has 1 saturated heterocycles. The SMILES string of the molecule is CC1CC(=O)CN(C(=O)OC(C)(C)C)C1. The zero-order valence-corrected chi connectivity index (χ0v) is 9.87. The summed E-state index contributed by atoms with van der Waals surface area (Å²) in [5.41, 5.74) is -0.499. The zero-order chi connectivity index (χ0) is 11.6. The summed E-state index contributed by atoms with van der Waals surface area (Å²) in [6.07, 6.45) is 0.182. The predicted molar refractivity (Wildman–Crippen MR) is 56.6 cm³/mol. The fraction of sp³-hybridized carbons (Fsp3) is 0.818. The Morgan fingerprint density at radius 3 is 2.53 bits per heavy atom. The van der Waals surface area contributed by atoms with Gasteiger partial charge in [0.1, 0.15) is 5.60 Å². The number of carbonyl (C=O) groups excluding carboxylic acids is 2. The molecule has 1 fully saturated rings. The Kier molecular flexibility index (Phi) is 3.37. The van der Waals surface area contributed by atoms with Crippen LogP contribution >= 0.6 is 0 Å². The highest BCUT2D eigenvalue weighted by molar-refractivity contribution is 5.85. The van der Waals surface area contributed by atoms with Crippen LogP contribution in [-0.4, -0.2) is 35.5 Å². The summed E-state index contributed by atoms with van der Waals surface area (Å²) in [4.78, 5) is 24.4. The van der Waals surface area contributed by atoms with Gasteiger partial charge in [0.15, 0.2) is 5.78 Å². The molecule has 1 unspecified atom stereocenters. The van der Waals surface area contributed by atoms with Crippen molar-refractivity contribution in [3.8, 4) is 0 Å². The minimum absolute atomic E-state index is 0.111. The maximum Gasteiger partial charge on any atom is 0.410 e. The third kappa shape index (κ3) is 3.90. The lowest BCUT2D eigenvalue weighted by atomic mass is 10.00. The molecule has 1 aliphatic heterocycles. The topological polar surface area (TPSA) is 46.6 Å². The van der Waals surface area contributed by atoms with Gasteiger partial charge in [0, 0.05) is 13.0 Å². The van der Waals surface area contributed by atoms with E-state index in [4.69, 9.17) is 4.74 Å². The molecule has 1 atom stereocenters. The normalized spacial score (nSPS) is 22.8. The molecule has 4 nitrogen and oxygen atoms in total. The van der Waals surface area contributed by atoms with E-state index in [1.807, 2.05) is 27.7 Å². The lowest BCUT2D eigenvalue weighted by molar-refractivity contribution is -0.123. The molecular weight excluding hydrogens is 194 g/mol. The van der Waals surface area contributed by atoms with E-state index in [9.17, 15) is 9.59 Å². The fourth-order valence-electron chi connectivity index (χ4n) is 1.64. The summed E-state index contributed by atoms with van der Waals surface area (Å²) in [6, 6.07) is 0. The van der Waals surface area contributed by atoms with Crippen LogP contribution in [0.3, 0.4) is 0 Å². The molecule has 0 spiro atoms. The van der Waals surface area contributed by atoms with Gasteiger partial charge in [0.05, 0.1) is 6.54 Å². The van der Waals surface area contributed by atoms with E-state index in [2.05, 4.69) is 0 Å². The van der Waals surface area contributed by atoms with Gasteiger partial charge in [-0.2, -0.15) is 0 Å². The molecule has 0 saturated carbocycles. The number of carbonyl (C=O) groups is 2. The molecule has 1 aliphatic rings. The number of ketones is 1. The van der Waals surface area contributed by atoms with Gasteiger partial charge in [-0.25, -0.2) is 4.79 Å². The zero-order valence-electron chi connectivity index (χ0n) is 9.87. The number of hydrogen-bond acceptors (Lipinski definition) is 3. The van der Waals surface area contributed by atoms with Crippen molar-refractivity contribution in [3.63, 3.8) is 0 Å². The van der Waals surface area contributed by atoms with Crippen LogP contribution < -0.4 is 0 Å². The molecule has 0 aliphatic carbocycles. The van der Waals surface area contributed by atoms with Gasteiger partial charge in [-0.05, 0) is 26.7 Å². The summed E-state index contributed by atoms with van der Waals surface area (Å²) in [5, 5.41) is 0. The van der Waals surface area contributed by atoms with E-state index in [1.54, 1.807) is 0 Å². The quantitative estimate of drug-likeness (QED) is 0.616. The van der Waals surface area contributed by atoms with Crippen LogP contribution in [0.2, 0.25) is 0 Å². The molecule has 86 valence electrons. The van der Waals surface area contributed by atoms with E-state index in [0.29, 0.717) is 13.0 Å². The molecule has 4 heteroatoms. The van der Waals surface area contributed by atoms with Crippen molar-refractivity contribution >= 4 is 11.9 Å². The third-order valence-corrected chi connectivity index (χ3v) is 2.13. The van der Waals surface area contributed by atoms with Crippen molar-refractivity contribution in [2.75, 3.05) is 13.1 Å². The van der Waals surface area contributed by atoms with Crippen molar-refractivity contribution in [2.24, 2.45) is 5.92 Å². The second-order valence-corrected chi connectivity index (χ2v) is 5.21. The highest BCUT2D eigenvalue weighted by Crippen LogP contribution is 2.16. The lowest BCUT2D eigenvalue weighted by Crippen LogP contribution is -2.45. The van der Waals surface area contributed by atoms with Crippen molar-refractivity contribution in [1.82, 2.24) is 4.90 Å². The molecule has 0 N–H and O–H groups in total. The van der Waals surface area contributed by atoms with Crippen LogP contribution in [0.5, 0.6) is 0 Å². The average Bonchev–Trinajstić information content (AvgIpc) is 1.98. The minimum Gasteiger partial charge on any atom is -0.444 e. The number of nitrogens with zero attached hydrogens (tertiary/aromatic N) is 1. The van der Waals surface area contributed by atoms with Crippen molar-refractivity contribution in [1.29, 1.82) is 0 Å². The number of rotatable bonds is 0. The van der Waals surface area contributed by atoms with Crippen molar-refractivity contribution in [2.45, 2.75) is 39.7 Å². The Labute approximate surface area is 90.6 Å². The van der Waals surface area contributed by atoms with Gasteiger partial charge in [-0.3, -0.25) is 4.79 Å². The molecule has 0 bridgehead atoms. The van der Waals surface area contributed by atoms with Gasteiger partial charge >= 0.3 is 6.09 Å². The molecule has 0 aromatic carbocycles. The molecule has 15 heavy (non-hydrogen) atoms. The second kappa shape index (κ2) is 4.21. The van der Waals surface area contributed by atoms with Gasteiger partial charge in [-0.15, -0.1) is 0 Å². The Hall–Kier alpha value is -1.06. The van der Waals surface area contributed by atoms with Crippen LogP contribution in [0.15, 0.2) is 0 Å². The van der Waals surface area contributed by atoms with Gasteiger partial charge in [-0.1, -0.05) is 6.92 Å². The van der Waals surface area contributed by atoms with E-state index in [1.165, 1.54) is 4.90 Å². The van der Waals surface area contributed by atoms with Crippen LogP contribution in [0.1, 0.15) is 34.1 Å². The maximum atomic E-state index is 11.7. The number of amides is 1. The molecule has 0 radical (unpaired) electrons. The highest BCUT2D eigenvalue weighted by Gasteiger charge is 2.29. The number of likely N-dealkylation sites (tertiary alicyclic amines) is 1. The Bertz CT molecular complexity index is 267. The Morgan fingerprint density at radius 2 is 2.07 bits per heavy atom. The van der Waals surface area contributed by atoms with E-state index >= 15 is 0 Å². The van der Waals surface area contributed by atoms with Crippen LogP contribution in [0.4, 0.5) is 4.79 Å². The summed E-state index contributed by atoms with van der Waals surface area (Å²) < 4.78 is 5.21. The molecular formula is C11H19NO3. The predicted octanol–water partition coefficient (Wildman–Crippen LogP) is 1.83. The summed E-state index contributed by atoms with van der Waals surface area (Å²) in [6.45, 7) is 8.23. The average molecular weight is 213 g/mol. The monoisotopic (exact) mass is 213 g/mol. The molecule has 0 aromatic rings. The molecule has 0 aromatic heterocycles. The first kappa shape index (κ1) is 12.0. The highest BCUT2D eigenvalue weighted by atomic mass is 16.6. The minimum atomic E-state index is -0.499. The number of Topliss-reactive ketones (excluding diaryl/α,β-unsaturated/α-hetero) is 1. The first-order valence-electron chi connectivity index (χ1n) is 5.27. The maximum absolute atomic E-state index is 11.7. The number of piperidine rings is 1. The van der Waals surface area contributed by atoms with Crippen molar-refractivity contribution in [3.05, 3.63) is 0 Å². The first-order valence-corrected chi connectivity index (χ1v) is 5.27. The van der Waals surface area contributed by atoms with Crippen LogP contribution in [0, 0.1) is 5.92 Å². The Morgan fingerprint density at radius 1 is 1.47 bits per heavy atom. The summed E-state index contributed by atoms with van der Waals surface area (Å²) in [5.74, 6) is 0.346. The first-order chi connectivity index (χ1) is 6.78. The molecule has 1 amide bonds. The summed E-state index contributed by atoms with van der Waals surface area (Å²) in [7, 11) is 0. The van der Waals surface area contributed by atoms with Crippen molar-refractivity contribution < 1.29 is 14.3 Å². The standard InChI is InChI=1S/C11H19NO3/c1-8-5-9(13)7-12(6-8)10(14)15-11(2,3)4/h8H,5-7H2,1-4H3. The number of hydrogen-bond donors (Lipinski definition) is 0. The summed E-state index contributed by atoms with van der Waals surface area (Å²) >= 11 is 0. The molecule has 1 rings (SSSR count). The second-order valence-electron chi connectivity index (χ2n) is 5.21. The smallest absolute Gasteiger partial charge is 0.410 e. The van der Waals surface area contributed by atoms with E-state index in [0.717, 1.165) is 0 Å². The van der Waals surface area contributed by atoms with Gasteiger partial charge < -0.3 is 9.64 Å². The fourth-order valence-corrected chi connectivity index (χ4v) is 1.64. The van der Waals surface area contributed by atoms with Crippen LogP contribution in [-0.2, 0) is 9.53 Å². The largest absolute Gasteiger partial charge is 0.444 e. The van der Waals surface area contributed by atoms with E-state index < -0.39 is 5.60 Å². The van der Waals surface area contributed by atoms with E-state index in [-0.39, 0.29) is 24.3 Å². The number of ether oxygens (including phenoxy) is 1. The van der Waals surface area contributed by atoms with Gasteiger partial charge in [0.25, 0.3) is 0 Å². The third-order valence-electron chi connectivity index (χ3n) is 2.13. The van der Waals surface area contributed by atoms with Crippen LogP contribution in [0.25, 0.3) is 0 Å². The lowest BCUT2D eigenvalue weighted by Gasteiger charge is -2.31. The Balaban J connectivity index is 2.56. The van der Waals surface area contributed by atoms with Gasteiger partial charge in [0.2, 0.25) is 0 Å². The molecule has 1 heterocycles.